The number of hydrogen-bond acceptors (Lipinski definition) is 5. The summed E-state index contributed by atoms with van der Waals surface area (Å²) in [6.45, 7) is 3.21. The molecule has 0 saturated carbocycles. The summed E-state index contributed by atoms with van der Waals surface area (Å²) in [5, 5.41) is 0. The van der Waals surface area contributed by atoms with Crippen molar-refractivity contribution in [1.29, 1.82) is 0 Å². The minimum Gasteiger partial charge on any atom is -0.486 e. The molecule has 2 saturated heterocycles. The van der Waals surface area contributed by atoms with Gasteiger partial charge in [-0.05, 0) is 31.9 Å². The lowest BCUT2D eigenvalue weighted by Crippen LogP contribution is -2.50. The van der Waals surface area contributed by atoms with Gasteiger partial charge >= 0.3 is 0 Å². The van der Waals surface area contributed by atoms with Gasteiger partial charge in [-0.2, -0.15) is 4.31 Å². The molecule has 1 aromatic heterocycles. The summed E-state index contributed by atoms with van der Waals surface area (Å²) >= 11 is 0. The van der Waals surface area contributed by atoms with Crippen molar-refractivity contribution in [2.45, 2.75) is 37.9 Å². The van der Waals surface area contributed by atoms with Crippen molar-refractivity contribution >= 4 is 10.0 Å². The first-order valence-corrected chi connectivity index (χ1v) is 9.32. The van der Waals surface area contributed by atoms with Crippen LogP contribution >= 0.6 is 0 Å². The molecule has 122 valence electrons. The number of nitrogens with zero attached hydrogens (tertiary/aromatic N) is 2. The average molecular weight is 326 g/mol. The van der Waals surface area contributed by atoms with Crippen molar-refractivity contribution in [2.75, 3.05) is 25.4 Å². The number of ether oxygens (including phenoxy) is 2. The number of aromatic nitrogens is 1. The molecule has 0 aliphatic carbocycles. The smallest absolute Gasteiger partial charge is 0.213 e. The SMILES string of the molecule is CCS(=O)(=O)N1CCC[C@]2(C[C@H](Oc3cccnc3)CO2)C1. The van der Waals surface area contributed by atoms with E-state index in [0.29, 0.717) is 19.7 Å². The van der Waals surface area contributed by atoms with Crippen LogP contribution in [0, 0.1) is 0 Å². The lowest BCUT2D eigenvalue weighted by atomic mass is 9.90. The Bertz CT molecular complexity index is 607. The van der Waals surface area contributed by atoms with Crippen LogP contribution in [0.4, 0.5) is 0 Å². The van der Waals surface area contributed by atoms with Gasteiger partial charge in [-0.15, -0.1) is 0 Å². The maximum absolute atomic E-state index is 12.1. The summed E-state index contributed by atoms with van der Waals surface area (Å²) in [6.07, 6.45) is 5.77. The number of pyridine rings is 1. The highest BCUT2D eigenvalue weighted by Gasteiger charge is 2.46. The topological polar surface area (TPSA) is 68.7 Å². The molecule has 2 atom stereocenters. The van der Waals surface area contributed by atoms with E-state index in [1.807, 2.05) is 12.1 Å². The minimum absolute atomic E-state index is 0.0477. The van der Waals surface area contributed by atoms with Crippen LogP contribution in [0.5, 0.6) is 5.75 Å². The maximum atomic E-state index is 12.1. The first kappa shape index (κ1) is 15.7. The van der Waals surface area contributed by atoms with Crippen molar-refractivity contribution in [1.82, 2.24) is 9.29 Å². The molecular weight excluding hydrogens is 304 g/mol. The molecule has 2 fully saturated rings. The van der Waals surface area contributed by atoms with E-state index in [2.05, 4.69) is 4.98 Å². The molecule has 0 amide bonds. The molecule has 0 unspecified atom stereocenters. The number of hydrogen-bond donors (Lipinski definition) is 0. The first-order valence-electron chi connectivity index (χ1n) is 7.71. The monoisotopic (exact) mass is 326 g/mol. The fourth-order valence-corrected chi connectivity index (χ4v) is 4.45. The third-order valence-corrected chi connectivity index (χ3v) is 6.20. The highest BCUT2D eigenvalue weighted by Crippen LogP contribution is 2.36. The normalized spacial score (nSPS) is 29.8. The molecule has 1 spiro atoms. The van der Waals surface area contributed by atoms with Gasteiger partial charge < -0.3 is 9.47 Å². The van der Waals surface area contributed by atoms with Crippen LogP contribution in [0.3, 0.4) is 0 Å². The molecule has 0 bridgehead atoms. The largest absolute Gasteiger partial charge is 0.486 e. The predicted molar refractivity (Wildman–Crippen MR) is 82.2 cm³/mol. The molecular formula is C15H22N2O4S. The molecule has 2 aliphatic rings. The second-order valence-corrected chi connectivity index (χ2v) is 8.22. The Labute approximate surface area is 131 Å². The van der Waals surface area contributed by atoms with E-state index in [1.54, 1.807) is 23.6 Å². The molecule has 0 aromatic carbocycles. The molecule has 3 heterocycles. The quantitative estimate of drug-likeness (QED) is 0.837. The number of piperidine rings is 1. The van der Waals surface area contributed by atoms with Crippen molar-refractivity contribution in [3.05, 3.63) is 24.5 Å². The highest BCUT2D eigenvalue weighted by molar-refractivity contribution is 7.89. The van der Waals surface area contributed by atoms with Gasteiger partial charge in [-0.25, -0.2) is 8.42 Å². The maximum Gasteiger partial charge on any atom is 0.213 e. The Hall–Kier alpha value is -1.18. The zero-order valence-corrected chi connectivity index (χ0v) is 13.6. The van der Waals surface area contributed by atoms with Crippen LogP contribution in [0.15, 0.2) is 24.5 Å². The average Bonchev–Trinajstić information content (AvgIpc) is 2.90. The molecule has 6 nitrogen and oxygen atoms in total. The summed E-state index contributed by atoms with van der Waals surface area (Å²) in [4.78, 5) is 4.03. The molecule has 0 radical (unpaired) electrons. The Morgan fingerprint density at radius 2 is 2.41 bits per heavy atom. The summed E-state index contributed by atoms with van der Waals surface area (Å²) < 4.78 is 37.6. The van der Waals surface area contributed by atoms with Crippen LogP contribution in [-0.2, 0) is 14.8 Å². The van der Waals surface area contributed by atoms with Crippen LogP contribution in [0.1, 0.15) is 26.2 Å². The molecule has 22 heavy (non-hydrogen) atoms. The summed E-state index contributed by atoms with van der Waals surface area (Å²) in [5.74, 6) is 0.862. The van der Waals surface area contributed by atoms with Crippen molar-refractivity contribution in [3.63, 3.8) is 0 Å². The van der Waals surface area contributed by atoms with Crippen molar-refractivity contribution in [2.24, 2.45) is 0 Å². The van der Waals surface area contributed by atoms with E-state index in [1.165, 1.54) is 0 Å². The van der Waals surface area contributed by atoms with Gasteiger partial charge in [0.2, 0.25) is 10.0 Å². The number of rotatable bonds is 4. The standard InChI is InChI=1S/C15H22N2O4S/c1-2-22(18,19)17-8-4-6-15(12-17)9-14(11-20-15)21-13-5-3-7-16-10-13/h3,5,7,10,14H,2,4,6,8-9,11-12H2,1H3/t14-,15-/m0/s1. The minimum atomic E-state index is -3.16. The first-order chi connectivity index (χ1) is 10.5. The summed E-state index contributed by atoms with van der Waals surface area (Å²) in [7, 11) is -3.16. The van der Waals surface area contributed by atoms with E-state index in [-0.39, 0.29) is 11.9 Å². The van der Waals surface area contributed by atoms with Crippen LogP contribution in [-0.4, -0.2) is 54.9 Å². The third kappa shape index (κ3) is 3.26. The molecule has 2 aliphatic heterocycles. The number of sulfonamides is 1. The van der Waals surface area contributed by atoms with E-state index < -0.39 is 15.6 Å². The molecule has 7 heteroatoms. The second-order valence-electron chi connectivity index (χ2n) is 5.96. The Morgan fingerprint density at radius 1 is 1.55 bits per heavy atom. The Balaban J connectivity index is 1.65. The Morgan fingerprint density at radius 3 is 3.14 bits per heavy atom. The van der Waals surface area contributed by atoms with Gasteiger partial charge in [-0.1, -0.05) is 0 Å². The predicted octanol–water partition coefficient (Wildman–Crippen LogP) is 1.43. The van der Waals surface area contributed by atoms with Gasteiger partial charge in [0.1, 0.15) is 11.9 Å². The van der Waals surface area contributed by atoms with Crippen LogP contribution in [0.25, 0.3) is 0 Å². The fourth-order valence-electron chi connectivity index (χ4n) is 3.25. The lowest BCUT2D eigenvalue weighted by Gasteiger charge is -2.38. The van der Waals surface area contributed by atoms with E-state index in [0.717, 1.165) is 25.0 Å². The highest BCUT2D eigenvalue weighted by atomic mass is 32.2. The summed E-state index contributed by atoms with van der Waals surface area (Å²) in [5.41, 5.74) is -0.395. The summed E-state index contributed by atoms with van der Waals surface area (Å²) in [6, 6.07) is 3.70. The van der Waals surface area contributed by atoms with Gasteiger partial charge in [-0.3, -0.25) is 4.98 Å². The van der Waals surface area contributed by atoms with E-state index in [4.69, 9.17) is 9.47 Å². The van der Waals surface area contributed by atoms with Gasteiger partial charge in [0, 0.05) is 25.7 Å². The third-order valence-electron chi connectivity index (χ3n) is 4.37. The Kier molecular flexibility index (Phi) is 4.38. The molecule has 0 N–H and O–H groups in total. The zero-order chi connectivity index (χ0) is 15.6. The zero-order valence-electron chi connectivity index (χ0n) is 12.8. The van der Waals surface area contributed by atoms with E-state index in [9.17, 15) is 8.42 Å². The van der Waals surface area contributed by atoms with Crippen LogP contribution < -0.4 is 4.74 Å². The fraction of sp³-hybridized carbons (Fsp3) is 0.667. The second kappa shape index (κ2) is 6.14. The lowest BCUT2D eigenvalue weighted by molar-refractivity contribution is -0.0338. The van der Waals surface area contributed by atoms with Crippen LogP contribution in [0.2, 0.25) is 0 Å². The van der Waals surface area contributed by atoms with Crippen molar-refractivity contribution < 1.29 is 17.9 Å². The van der Waals surface area contributed by atoms with Gasteiger partial charge in [0.15, 0.2) is 0 Å². The molecule has 3 rings (SSSR count). The molecule has 1 aromatic rings. The van der Waals surface area contributed by atoms with E-state index >= 15 is 0 Å². The van der Waals surface area contributed by atoms with Gasteiger partial charge in [0.05, 0.1) is 24.2 Å². The van der Waals surface area contributed by atoms with Gasteiger partial charge in [0.25, 0.3) is 0 Å². The van der Waals surface area contributed by atoms with Crippen molar-refractivity contribution in [3.8, 4) is 5.75 Å².